The normalized spacial score (nSPS) is 11.9. The van der Waals surface area contributed by atoms with Gasteiger partial charge < -0.3 is 10.4 Å². The molecule has 0 saturated carbocycles. The van der Waals surface area contributed by atoms with Gasteiger partial charge >= 0.3 is 5.97 Å². The van der Waals surface area contributed by atoms with E-state index in [1.807, 2.05) is 0 Å². The monoisotopic (exact) mass is 308 g/mol. The fourth-order valence-corrected chi connectivity index (χ4v) is 2.57. The number of aromatic nitrogens is 1. The number of aromatic carboxylic acids is 1. The zero-order chi connectivity index (χ0) is 15.4. The van der Waals surface area contributed by atoms with Crippen LogP contribution < -0.4 is 5.32 Å². The molecule has 0 aliphatic rings. The van der Waals surface area contributed by atoms with Gasteiger partial charge in [-0.3, -0.25) is 4.79 Å². The van der Waals surface area contributed by atoms with Crippen molar-refractivity contribution in [3.63, 3.8) is 0 Å². The molecule has 0 spiro atoms. The molecule has 110 valence electrons. The van der Waals surface area contributed by atoms with Crippen molar-refractivity contribution in [2.24, 2.45) is 0 Å². The molecule has 0 saturated heterocycles. The molecule has 0 aliphatic carbocycles. The lowest BCUT2D eigenvalue weighted by atomic mass is 10.1. The van der Waals surface area contributed by atoms with Crippen molar-refractivity contribution in [2.45, 2.75) is 19.4 Å². The number of nitrogens with zero attached hydrogens (tertiary/aromatic N) is 1. The van der Waals surface area contributed by atoms with E-state index in [2.05, 4.69) is 10.3 Å². The molecular formula is C14H13FN2O3S. The minimum atomic E-state index is -1.10. The first-order chi connectivity index (χ1) is 9.95. The molecule has 2 aromatic rings. The fraction of sp³-hybridized carbons (Fsp3) is 0.214. The maximum Gasteiger partial charge on any atom is 0.355 e. The minimum Gasteiger partial charge on any atom is -0.476 e. The van der Waals surface area contributed by atoms with Crippen LogP contribution in [0.2, 0.25) is 0 Å². The Morgan fingerprint density at radius 1 is 1.48 bits per heavy atom. The van der Waals surface area contributed by atoms with Gasteiger partial charge in [-0.1, -0.05) is 12.1 Å². The van der Waals surface area contributed by atoms with Crippen LogP contribution >= 0.6 is 11.3 Å². The fourth-order valence-electron chi connectivity index (χ4n) is 1.77. The van der Waals surface area contributed by atoms with E-state index in [9.17, 15) is 14.0 Å². The van der Waals surface area contributed by atoms with Crippen molar-refractivity contribution >= 4 is 23.2 Å². The van der Waals surface area contributed by atoms with E-state index in [4.69, 9.17) is 5.11 Å². The smallest absolute Gasteiger partial charge is 0.355 e. The molecule has 0 radical (unpaired) electrons. The second-order valence-electron chi connectivity index (χ2n) is 4.47. The van der Waals surface area contributed by atoms with E-state index >= 15 is 0 Å². The number of hydrogen-bond donors (Lipinski definition) is 2. The Morgan fingerprint density at radius 3 is 2.86 bits per heavy atom. The van der Waals surface area contributed by atoms with Gasteiger partial charge in [-0.05, 0) is 24.6 Å². The zero-order valence-corrected chi connectivity index (χ0v) is 12.0. The summed E-state index contributed by atoms with van der Waals surface area (Å²) in [6.07, 6.45) is 0.0548. The SMILES string of the molecule is CC(NC(=O)Cc1cccc(F)c1)c1nc(C(=O)O)cs1. The molecule has 0 bridgehead atoms. The predicted molar refractivity (Wildman–Crippen MR) is 75.7 cm³/mol. The van der Waals surface area contributed by atoms with Gasteiger partial charge in [-0.25, -0.2) is 14.2 Å². The molecule has 2 N–H and O–H groups in total. The molecule has 21 heavy (non-hydrogen) atoms. The van der Waals surface area contributed by atoms with Crippen LogP contribution in [0.15, 0.2) is 29.6 Å². The first-order valence-electron chi connectivity index (χ1n) is 6.18. The van der Waals surface area contributed by atoms with Gasteiger partial charge in [0.2, 0.25) is 5.91 Å². The summed E-state index contributed by atoms with van der Waals surface area (Å²) >= 11 is 1.17. The molecule has 5 nitrogen and oxygen atoms in total. The van der Waals surface area contributed by atoms with Gasteiger partial charge in [0.15, 0.2) is 5.69 Å². The van der Waals surface area contributed by atoms with E-state index in [1.165, 1.54) is 28.8 Å². The summed E-state index contributed by atoms with van der Waals surface area (Å²) in [5.41, 5.74) is 0.534. The minimum absolute atomic E-state index is 0.0405. The Morgan fingerprint density at radius 2 is 2.24 bits per heavy atom. The number of rotatable bonds is 5. The summed E-state index contributed by atoms with van der Waals surface area (Å²) in [6, 6.07) is 5.42. The van der Waals surface area contributed by atoms with Gasteiger partial charge in [-0.2, -0.15) is 0 Å². The van der Waals surface area contributed by atoms with E-state index in [0.717, 1.165) is 0 Å². The Kier molecular flexibility index (Phi) is 4.64. The third kappa shape index (κ3) is 4.09. The van der Waals surface area contributed by atoms with Crippen LogP contribution in [-0.2, 0) is 11.2 Å². The topological polar surface area (TPSA) is 79.3 Å². The highest BCUT2D eigenvalue weighted by Crippen LogP contribution is 2.18. The van der Waals surface area contributed by atoms with Crippen molar-refractivity contribution in [1.29, 1.82) is 0 Å². The van der Waals surface area contributed by atoms with Crippen molar-refractivity contribution in [3.05, 3.63) is 51.7 Å². The Bertz CT molecular complexity index is 672. The average Bonchev–Trinajstić information content (AvgIpc) is 2.88. The van der Waals surface area contributed by atoms with Crippen LogP contribution in [0.3, 0.4) is 0 Å². The summed E-state index contributed by atoms with van der Waals surface area (Å²) in [7, 11) is 0. The second kappa shape index (κ2) is 6.45. The number of benzene rings is 1. The van der Waals surface area contributed by atoms with Crippen LogP contribution in [0, 0.1) is 5.82 Å². The Labute approximate surface area is 124 Å². The van der Waals surface area contributed by atoms with Crippen LogP contribution in [0.5, 0.6) is 0 Å². The Balaban J connectivity index is 1.96. The lowest BCUT2D eigenvalue weighted by molar-refractivity contribution is -0.121. The number of thiazole rings is 1. The molecule has 0 fully saturated rings. The lowest BCUT2D eigenvalue weighted by Crippen LogP contribution is -2.28. The highest BCUT2D eigenvalue weighted by Gasteiger charge is 2.16. The van der Waals surface area contributed by atoms with Gasteiger partial charge in [0.05, 0.1) is 12.5 Å². The first kappa shape index (κ1) is 15.1. The molecule has 7 heteroatoms. The number of carbonyl (C=O) groups is 2. The van der Waals surface area contributed by atoms with Gasteiger partial charge in [0, 0.05) is 5.38 Å². The van der Waals surface area contributed by atoms with Gasteiger partial charge in [0.1, 0.15) is 10.8 Å². The third-order valence-electron chi connectivity index (χ3n) is 2.74. The molecule has 0 aliphatic heterocycles. The number of amides is 1. The van der Waals surface area contributed by atoms with Crippen LogP contribution in [0.25, 0.3) is 0 Å². The molecular weight excluding hydrogens is 295 g/mol. The second-order valence-corrected chi connectivity index (χ2v) is 5.36. The molecule has 1 unspecified atom stereocenters. The number of halogens is 1. The van der Waals surface area contributed by atoms with Crippen molar-refractivity contribution in [2.75, 3.05) is 0 Å². The third-order valence-corrected chi connectivity index (χ3v) is 3.77. The molecule has 1 aromatic heterocycles. The molecule has 1 heterocycles. The molecule has 1 aromatic carbocycles. The maximum atomic E-state index is 13.0. The number of carboxylic acid groups (broad SMARTS) is 1. The Hall–Kier alpha value is -2.28. The highest BCUT2D eigenvalue weighted by atomic mass is 32.1. The summed E-state index contributed by atoms with van der Waals surface area (Å²) in [4.78, 5) is 26.6. The predicted octanol–water partition coefficient (Wildman–Crippen LogP) is 2.40. The quantitative estimate of drug-likeness (QED) is 0.889. The summed E-state index contributed by atoms with van der Waals surface area (Å²) in [5.74, 6) is -1.77. The molecule has 1 atom stereocenters. The van der Waals surface area contributed by atoms with Crippen molar-refractivity contribution in [1.82, 2.24) is 10.3 Å². The van der Waals surface area contributed by atoms with Crippen LogP contribution in [0.1, 0.15) is 34.0 Å². The standard InChI is InChI=1S/C14H13FN2O3S/c1-8(13-17-11(7-21-13)14(19)20)16-12(18)6-9-3-2-4-10(15)5-9/h2-5,7-8H,6H2,1H3,(H,16,18)(H,19,20). The molecule has 2 rings (SSSR count). The number of carbonyl (C=O) groups excluding carboxylic acids is 1. The summed E-state index contributed by atoms with van der Waals surface area (Å²) in [6.45, 7) is 1.72. The number of hydrogen-bond acceptors (Lipinski definition) is 4. The largest absolute Gasteiger partial charge is 0.476 e. The van der Waals surface area contributed by atoms with E-state index in [0.29, 0.717) is 10.6 Å². The number of carboxylic acids is 1. The average molecular weight is 308 g/mol. The number of nitrogens with one attached hydrogen (secondary N) is 1. The van der Waals surface area contributed by atoms with E-state index in [1.54, 1.807) is 19.1 Å². The summed E-state index contributed by atoms with van der Waals surface area (Å²) in [5, 5.41) is 13.5. The maximum absolute atomic E-state index is 13.0. The van der Waals surface area contributed by atoms with E-state index < -0.39 is 12.0 Å². The van der Waals surface area contributed by atoms with Crippen molar-refractivity contribution < 1.29 is 19.1 Å². The highest BCUT2D eigenvalue weighted by molar-refractivity contribution is 7.09. The first-order valence-corrected chi connectivity index (χ1v) is 7.06. The van der Waals surface area contributed by atoms with Crippen molar-refractivity contribution in [3.8, 4) is 0 Å². The summed E-state index contributed by atoms with van der Waals surface area (Å²) < 4.78 is 13.0. The van der Waals surface area contributed by atoms with E-state index in [-0.39, 0.29) is 23.8 Å². The lowest BCUT2D eigenvalue weighted by Gasteiger charge is -2.11. The van der Waals surface area contributed by atoms with Gasteiger partial charge in [-0.15, -0.1) is 11.3 Å². The zero-order valence-electron chi connectivity index (χ0n) is 11.2. The van der Waals surface area contributed by atoms with Gasteiger partial charge in [0.25, 0.3) is 0 Å². The molecule has 1 amide bonds. The van der Waals surface area contributed by atoms with Crippen LogP contribution in [-0.4, -0.2) is 22.0 Å². The van der Waals surface area contributed by atoms with Crippen LogP contribution in [0.4, 0.5) is 4.39 Å².